The standard InChI is InChI=1S/C27H49O4P/c1-4-7-10-13-14-15-16-19-24-22-23-27(31-32(28,29)30)26(21-18-12-9-6-3)25(24)20-17-11-8-5-2/h22-23H,4-21H2,1-3H3,(H2,28,29,30). The zero-order chi connectivity index (χ0) is 23.7. The van der Waals surface area contributed by atoms with E-state index in [0.29, 0.717) is 5.75 Å². The first-order valence-corrected chi connectivity index (χ1v) is 14.8. The molecule has 32 heavy (non-hydrogen) atoms. The van der Waals surface area contributed by atoms with Crippen LogP contribution in [0.15, 0.2) is 12.1 Å². The number of benzene rings is 1. The van der Waals surface area contributed by atoms with E-state index in [9.17, 15) is 14.4 Å². The van der Waals surface area contributed by atoms with E-state index in [1.165, 1.54) is 88.2 Å². The third-order valence-corrected chi connectivity index (χ3v) is 6.75. The van der Waals surface area contributed by atoms with Gasteiger partial charge in [-0.1, -0.05) is 104 Å². The Balaban J connectivity index is 2.98. The fraction of sp³-hybridized carbons (Fsp3) is 0.778. The summed E-state index contributed by atoms with van der Waals surface area (Å²) in [5.74, 6) is 0.392. The first-order valence-electron chi connectivity index (χ1n) is 13.3. The van der Waals surface area contributed by atoms with Gasteiger partial charge in [0.25, 0.3) is 0 Å². The first-order chi connectivity index (χ1) is 15.4. The van der Waals surface area contributed by atoms with Crippen molar-refractivity contribution in [3.05, 3.63) is 28.8 Å². The molecule has 0 spiro atoms. The van der Waals surface area contributed by atoms with Gasteiger partial charge >= 0.3 is 7.82 Å². The minimum absolute atomic E-state index is 0.392. The molecule has 0 amide bonds. The predicted octanol–water partition coefficient (Wildman–Crippen LogP) is 8.70. The lowest BCUT2D eigenvalue weighted by Gasteiger charge is -2.20. The molecule has 0 bridgehead atoms. The van der Waals surface area contributed by atoms with Crippen molar-refractivity contribution in [1.29, 1.82) is 0 Å². The zero-order valence-corrected chi connectivity index (χ0v) is 21.9. The van der Waals surface area contributed by atoms with Crippen molar-refractivity contribution in [3.63, 3.8) is 0 Å². The van der Waals surface area contributed by atoms with Gasteiger partial charge in [-0.3, -0.25) is 9.79 Å². The molecule has 2 N–H and O–H groups in total. The monoisotopic (exact) mass is 468 g/mol. The molecule has 0 saturated heterocycles. The first kappa shape index (κ1) is 29.2. The van der Waals surface area contributed by atoms with Crippen LogP contribution < -0.4 is 4.52 Å². The van der Waals surface area contributed by atoms with Crippen molar-refractivity contribution in [3.8, 4) is 5.75 Å². The topological polar surface area (TPSA) is 66.8 Å². The van der Waals surface area contributed by atoms with Crippen molar-refractivity contribution in [2.24, 2.45) is 0 Å². The fourth-order valence-corrected chi connectivity index (χ4v) is 4.91. The molecule has 0 saturated carbocycles. The number of phosphoric acid groups is 1. The summed E-state index contributed by atoms with van der Waals surface area (Å²) < 4.78 is 16.8. The molecule has 0 radical (unpaired) electrons. The van der Waals surface area contributed by atoms with E-state index < -0.39 is 7.82 Å². The molecular weight excluding hydrogens is 419 g/mol. The average molecular weight is 469 g/mol. The van der Waals surface area contributed by atoms with Gasteiger partial charge < -0.3 is 4.52 Å². The van der Waals surface area contributed by atoms with E-state index in [2.05, 4.69) is 26.8 Å². The SMILES string of the molecule is CCCCCCCCCc1ccc(OP(=O)(O)O)c(CCCCCC)c1CCCCCC. The highest BCUT2D eigenvalue weighted by Crippen LogP contribution is 2.41. The minimum atomic E-state index is -4.57. The van der Waals surface area contributed by atoms with Crippen LogP contribution in [0.25, 0.3) is 0 Å². The van der Waals surface area contributed by atoms with Crippen LogP contribution >= 0.6 is 7.82 Å². The summed E-state index contributed by atoms with van der Waals surface area (Å²) in [5, 5.41) is 0. The number of phosphoric ester groups is 1. The largest absolute Gasteiger partial charge is 0.524 e. The van der Waals surface area contributed by atoms with Gasteiger partial charge in [0.2, 0.25) is 0 Å². The van der Waals surface area contributed by atoms with Crippen LogP contribution in [0.4, 0.5) is 0 Å². The van der Waals surface area contributed by atoms with E-state index in [1.54, 1.807) is 6.07 Å². The second kappa shape index (κ2) is 17.6. The van der Waals surface area contributed by atoms with Gasteiger partial charge in [-0.2, -0.15) is 0 Å². The summed E-state index contributed by atoms with van der Waals surface area (Å²) in [7, 11) is -4.57. The molecule has 5 heteroatoms. The third kappa shape index (κ3) is 13.0. The van der Waals surface area contributed by atoms with Crippen LogP contribution in [0.5, 0.6) is 5.75 Å². The summed E-state index contributed by atoms with van der Waals surface area (Å²) in [6, 6.07) is 3.87. The van der Waals surface area contributed by atoms with E-state index >= 15 is 0 Å². The smallest absolute Gasteiger partial charge is 0.404 e. The fourth-order valence-electron chi connectivity index (χ4n) is 4.48. The molecule has 0 atom stereocenters. The lowest BCUT2D eigenvalue weighted by molar-refractivity contribution is 0.282. The molecule has 0 aliphatic rings. The molecule has 1 aromatic rings. The Bertz CT molecular complexity index is 653. The number of unbranched alkanes of at least 4 members (excludes halogenated alkanes) is 12. The van der Waals surface area contributed by atoms with E-state index in [0.717, 1.165) is 44.1 Å². The van der Waals surface area contributed by atoms with Crippen molar-refractivity contribution < 1.29 is 18.9 Å². The highest BCUT2D eigenvalue weighted by molar-refractivity contribution is 7.46. The molecule has 0 aliphatic heterocycles. The molecule has 0 heterocycles. The Morgan fingerprint density at radius 3 is 1.59 bits per heavy atom. The van der Waals surface area contributed by atoms with Gasteiger partial charge in [0.1, 0.15) is 5.75 Å². The highest BCUT2D eigenvalue weighted by atomic mass is 31.2. The zero-order valence-electron chi connectivity index (χ0n) is 21.0. The van der Waals surface area contributed by atoms with Gasteiger partial charge in [0, 0.05) is 0 Å². The van der Waals surface area contributed by atoms with Crippen LogP contribution in [0.2, 0.25) is 0 Å². The highest BCUT2D eigenvalue weighted by Gasteiger charge is 2.21. The Morgan fingerprint density at radius 1 is 0.625 bits per heavy atom. The molecule has 0 fully saturated rings. The Morgan fingerprint density at radius 2 is 1.06 bits per heavy atom. The molecule has 1 rings (SSSR count). The van der Waals surface area contributed by atoms with Crippen molar-refractivity contribution >= 4 is 7.82 Å². The van der Waals surface area contributed by atoms with E-state index in [-0.39, 0.29) is 0 Å². The maximum Gasteiger partial charge on any atom is 0.524 e. The van der Waals surface area contributed by atoms with E-state index in [4.69, 9.17) is 4.52 Å². The molecular formula is C27H49O4P. The van der Waals surface area contributed by atoms with Gasteiger partial charge in [-0.05, 0) is 61.3 Å². The van der Waals surface area contributed by atoms with Crippen LogP contribution in [-0.2, 0) is 23.8 Å². The number of aryl methyl sites for hydroxylation is 1. The van der Waals surface area contributed by atoms with Crippen molar-refractivity contribution in [1.82, 2.24) is 0 Å². The van der Waals surface area contributed by atoms with Crippen molar-refractivity contribution in [2.75, 3.05) is 0 Å². The van der Waals surface area contributed by atoms with Crippen LogP contribution in [0, 0.1) is 0 Å². The van der Waals surface area contributed by atoms with Gasteiger partial charge in [-0.15, -0.1) is 0 Å². The molecule has 4 nitrogen and oxygen atoms in total. The van der Waals surface area contributed by atoms with Gasteiger partial charge in [0.05, 0.1) is 0 Å². The summed E-state index contributed by atoms with van der Waals surface area (Å²) >= 11 is 0. The molecule has 1 aromatic carbocycles. The number of hydrogen-bond acceptors (Lipinski definition) is 2. The average Bonchev–Trinajstić information content (AvgIpc) is 2.74. The third-order valence-electron chi connectivity index (χ3n) is 6.31. The summed E-state index contributed by atoms with van der Waals surface area (Å²) in [6.07, 6.45) is 21.2. The molecule has 0 aromatic heterocycles. The Kier molecular flexibility index (Phi) is 16.1. The quantitative estimate of drug-likeness (QED) is 0.148. The summed E-state index contributed by atoms with van der Waals surface area (Å²) in [6.45, 7) is 6.67. The van der Waals surface area contributed by atoms with Crippen LogP contribution in [0.3, 0.4) is 0 Å². The maximum atomic E-state index is 11.6. The Labute approximate surface area is 197 Å². The molecule has 0 unspecified atom stereocenters. The van der Waals surface area contributed by atoms with Gasteiger partial charge in [-0.25, -0.2) is 4.57 Å². The van der Waals surface area contributed by atoms with Crippen molar-refractivity contribution in [2.45, 2.75) is 136 Å². The minimum Gasteiger partial charge on any atom is -0.404 e. The lowest BCUT2D eigenvalue weighted by Crippen LogP contribution is -2.05. The normalized spacial score (nSPS) is 11.8. The number of rotatable bonds is 20. The van der Waals surface area contributed by atoms with E-state index in [1.807, 2.05) is 0 Å². The van der Waals surface area contributed by atoms with Crippen LogP contribution in [0.1, 0.15) is 134 Å². The molecule has 0 aliphatic carbocycles. The maximum absolute atomic E-state index is 11.6. The number of hydrogen-bond donors (Lipinski definition) is 2. The molecule has 186 valence electrons. The van der Waals surface area contributed by atoms with Gasteiger partial charge in [0.15, 0.2) is 0 Å². The Hall–Kier alpha value is -0.830. The van der Waals surface area contributed by atoms with Crippen LogP contribution in [-0.4, -0.2) is 9.79 Å². The summed E-state index contributed by atoms with van der Waals surface area (Å²) in [5.41, 5.74) is 3.70. The second-order valence-electron chi connectivity index (χ2n) is 9.25. The predicted molar refractivity (Wildman–Crippen MR) is 137 cm³/mol. The summed E-state index contributed by atoms with van der Waals surface area (Å²) in [4.78, 5) is 18.9. The second-order valence-corrected chi connectivity index (χ2v) is 10.4. The lowest BCUT2D eigenvalue weighted by atomic mass is 9.89.